The lowest BCUT2D eigenvalue weighted by Crippen LogP contribution is -2.50. The molecule has 3 aromatic rings. The first-order valence-corrected chi connectivity index (χ1v) is 9.87. The molecule has 144 valence electrons. The van der Waals surface area contributed by atoms with Crippen LogP contribution in [-0.2, 0) is 17.9 Å². The minimum Gasteiger partial charge on any atom is -0.329 e. The van der Waals surface area contributed by atoms with Crippen LogP contribution in [0, 0.1) is 0 Å². The first kappa shape index (κ1) is 19.0. The van der Waals surface area contributed by atoms with E-state index in [1.807, 2.05) is 54.7 Å². The van der Waals surface area contributed by atoms with Gasteiger partial charge in [-0.25, -0.2) is 4.98 Å². The molecule has 1 aliphatic rings. The normalized spacial score (nSPS) is 15.2. The molecule has 1 saturated heterocycles. The summed E-state index contributed by atoms with van der Waals surface area (Å²) in [7, 11) is 0. The number of carbonyl (C=O) groups is 1. The van der Waals surface area contributed by atoms with Crippen molar-refractivity contribution in [3.05, 3.63) is 82.4 Å². The minimum absolute atomic E-state index is 0.0734. The molecule has 0 bridgehead atoms. The van der Waals surface area contributed by atoms with E-state index >= 15 is 0 Å². The number of benzene rings is 2. The summed E-state index contributed by atoms with van der Waals surface area (Å²) in [4.78, 5) is 21.1. The number of halogens is 2. The smallest absolute Gasteiger partial charge is 0.241 e. The van der Waals surface area contributed by atoms with Gasteiger partial charge in [0.25, 0.3) is 0 Å². The SMILES string of the molecule is O=C1CN(Cc2nccn2Cc2ccc(Cl)cc2)CCN1c1cccc(Cl)c1. The molecule has 2 heterocycles. The first-order valence-electron chi connectivity index (χ1n) is 9.11. The van der Waals surface area contributed by atoms with Gasteiger partial charge in [0.1, 0.15) is 5.82 Å². The highest BCUT2D eigenvalue weighted by molar-refractivity contribution is 6.31. The lowest BCUT2D eigenvalue weighted by atomic mass is 10.2. The number of nitrogens with zero attached hydrogens (tertiary/aromatic N) is 4. The van der Waals surface area contributed by atoms with E-state index in [2.05, 4.69) is 14.5 Å². The summed E-state index contributed by atoms with van der Waals surface area (Å²) in [6, 6.07) is 15.2. The van der Waals surface area contributed by atoms with Crippen molar-refractivity contribution in [3.63, 3.8) is 0 Å². The van der Waals surface area contributed by atoms with Gasteiger partial charge in [0.15, 0.2) is 0 Å². The van der Waals surface area contributed by atoms with Gasteiger partial charge in [-0.05, 0) is 35.9 Å². The van der Waals surface area contributed by atoms with Gasteiger partial charge in [0, 0.05) is 47.8 Å². The molecule has 0 atom stereocenters. The van der Waals surface area contributed by atoms with Crippen molar-refractivity contribution in [1.82, 2.24) is 14.5 Å². The van der Waals surface area contributed by atoms with Crippen LogP contribution in [0.4, 0.5) is 5.69 Å². The second-order valence-corrected chi connectivity index (χ2v) is 7.71. The largest absolute Gasteiger partial charge is 0.329 e. The van der Waals surface area contributed by atoms with Crippen LogP contribution < -0.4 is 4.90 Å². The monoisotopic (exact) mass is 414 g/mol. The summed E-state index contributed by atoms with van der Waals surface area (Å²) in [6.07, 6.45) is 3.77. The number of amides is 1. The zero-order valence-electron chi connectivity index (χ0n) is 15.3. The number of carbonyl (C=O) groups excluding carboxylic acids is 1. The van der Waals surface area contributed by atoms with E-state index in [9.17, 15) is 4.79 Å². The van der Waals surface area contributed by atoms with Gasteiger partial charge in [-0.15, -0.1) is 0 Å². The topological polar surface area (TPSA) is 41.4 Å². The summed E-state index contributed by atoms with van der Waals surface area (Å²) in [5.41, 5.74) is 2.01. The van der Waals surface area contributed by atoms with E-state index < -0.39 is 0 Å². The van der Waals surface area contributed by atoms with Gasteiger partial charge in [0.2, 0.25) is 5.91 Å². The van der Waals surface area contributed by atoms with Gasteiger partial charge in [0.05, 0.1) is 13.1 Å². The van der Waals surface area contributed by atoms with E-state index in [0.29, 0.717) is 24.7 Å². The van der Waals surface area contributed by atoms with Crippen LogP contribution >= 0.6 is 23.2 Å². The predicted molar refractivity (Wildman–Crippen MR) is 112 cm³/mol. The maximum absolute atomic E-state index is 12.7. The molecular weight excluding hydrogens is 395 g/mol. The zero-order valence-corrected chi connectivity index (χ0v) is 16.8. The highest BCUT2D eigenvalue weighted by Crippen LogP contribution is 2.22. The van der Waals surface area contributed by atoms with Crippen molar-refractivity contribution in [2.45, 2.75) is 13.1 Å². The molecule has 4 rings (SSSR count). The van der Waals surface area contributed by atoms with Crippen LogP contribution in [0.5, 0.6) is 0 Å². The molecule has 7 heteroatoms. The van der Waals surface area contributed by atoms with Gasteiger partial charge in [-0.2, -0.15) is 0 Å². The van der Waals surface area contributed by atoms with Crippen molar-refractivity contribution in [2.24, 2.45) is 0 Å². The summed E-state index contributed by atoms with van der Waals surface area (Å²) in [5, 5.41) is 1.36. The lowest BCUT2D eigenvalue weighted by molar-refractivity contribution is -0.121. The van der Waals surface area contributed by atoms with Gasteiger partial charge >= 0.3 is 0 Å². The Balaban J connectivity index is 1.40. The molecule has 0 unspecified atom stereocenters. The Labute approximate surface area is 174 Å². The summed E-state index contributed by atoms with van der Waals surface area (Å²) in [6.45, 7) is 3.14. The number of hydrogen-bond donors (Lipinski definition) is 0. The van der Waals surface area contributed by atoms with Crippen molar-refractivity contribution >= 4 is 34.8 Å². The fourth-order valence-electron chi connectivity index (χ4n) is 3.40. The molecule has 1 amide bonds. The van der Waals surface area contributed by atoms with Crippen LogP contribution in [0.3, 0.4) is 0 Å². The van der Waals surface area contributed by atoms with Gasteiger partial charge < -0.3 is 9.47 Å². The number of imidazole rings is 1. The van der Waals surface area contributed by atoms with Gasteiger partial charge in [-0.1, -0.05) is 41.4 Å². The second kappa shape index (κ2) is 8.35. The minimum atomic E-state index is 0.0734. The molecule has 2 aromatic carbocycles. The van der Waals surface area contributed by atoms with Crippen LogP contribution in [0.15, 0.2) is 60.9 Å². The maximum Gasteiger partial charge on any atom is 0.241 e. The van der Waals surface area contributed by atoms with E-state index in [1.54, 1.807) is 11.1 Å². The van der Waals surface area contributed by atoms with E-state index in [0.717, 1.165) is 35.2 Å². The lowest BCUT2D eigenvalue weighted by Gasteiger charge is -2.34. The predicted octanol–water partition coefficient (Wildman–Crippen LogP) is 4.09. The van der Waals surface area contributed by atoms with Crippen molar-refractivity contribution in [3.8, 4) is 0 Å². The molecule has 0 N–H and O–H groups in total. The van der Waals surface area contributed by atoms with Crippen LogP contribution in [-0.4, -0.2) is 40.0 Å². The molecular formula is C21H20Cl2N4O. The fraction of sp³-hybridized carbons (Fsp3) is 0.238. The standard InChI is InChI=1S/C21H20Cl2N4O/c22-17-6-4-16(5-7-17)13-26-9-8-24-20(26)14-25-10-11-27(21(28)15-25)19-3-1-2-18(23)12-19/h1-9,12H,10-11,13-15H2. The Kier molecular flexibility index (Phi) is 5.67. The Hall–Kier alpha value is -2.34. The van der Waals surface area contributed by atoms with Crippen molar-refractivity contribution in [2.75, 3.05) is 24.5 Å². The molecule has 0 spiro atoms. The quantitative estimate of drug-likeness (QED) is 0.631. The maximum atomic E-state index is 12.7. The van der Waals surface area contributed by atoms with Crippen molar-refractivity contribution < 1.29 is 4.79 Å². The highest BCUT2D eigenvalue weighted by Gasteiger charge is 2.26. The second-order valence-electron chi connectivity index (χ2n) is 6.83. The summed E-state index contributed by atoms with van der Waals surface area (Å²) in [5.74, 6) is 1.02. The fourth-order valence-corrected chi connectivity index (χ4v) is 3.71. The third-order valence-electron chi connectivity index (χ3n) is 4.85. The number of anilines is 1. The number of piperazine rings is 1. The van der Waals surface area contributed by atoms with E-state index in [1.165, 1.54) is 0 Å². The van der Waals surface area contributed by atoms with Gasteiger partial charge in [-0.3, -0.25) is 9.69 Å². The Morgan fingerprint density at radius 2 is 1.79 bits per heavy atom. The third-order valence-corrected chi connectivity index (χ3v) is 5.34. The number of hydrogen-bond acceptors (Lipinski definition) is 3. The van der Waals surface area contributed by atoms with Crippen LogP contribution in [0.1, 0.15) is 11.4 Å². The third kappa shape index (κ3) is 4.38. The Morgan fingerprint density at radius 3 is 2.54 bits per heavy atom. The molecule has 1 aromatic heterocycles. The molecule has 1 aliphatic heterocycles. The average Bonchev–Trinajstić information content (AvgIpc) is 3.10. The van der Waals surface area contributed by atoms with E-state index in [4.69, 9.17) is 23.2 Å². The van der Waals surface area contributed by atoms with Crippen molar-refractivity contribution in [1.29, 1.82) is 0 Å². The summed E-state index contributed by atoms with van der Waals surface area (Å²) < 4.78 is 2.11. The molecule has 0 saturated carbocycles. The molecule has 5 nitrogen and oxygen atoms in total. The molecule has 28 heavy (non-hydrogen) atoms. The Bertz CT molecular complexity index is 971. The summed E-state index contributed by atoms with van der Waals surface area (Å²) >= 11 is 12.0. The van der Waals surface area contributed by atoms with Crippen LogP contribution in [0.25, 0.3) is 0 Å². The zero-order chi connectivity index (χ0) is 19.5. The molecule has 0 radical (unpaired) electrons. The molecule has 1 fully saturated rings. The first-order chi connectivity index (χ1) is 13.6. The highest BCUT2D eigenvalue weighted by atomic mass is 35.5. The average molecular weight is 415 g/mol. The number of aromatic nitrogens is 2. The Morgan fingerprint density at radius 1 is 0.964 bits per heavy atom. The molecule has 0 aliphatic carbocycles. The van der Waals surface area contributed by atoms with Crippen LogP contribution in [0.2, 0.25) is 10.0 Å². The number of rotatable bonds is 5. The van der Waals surface area contributed by atoms with E-state index in [-0.39, 0.29) is 5.91 Å².